The molecule has 60 heavy (non-hydrogen) atoms. The van der Waals surface area contributed by atoms with Crippen LogP contribution in [0.5, 0.6) is 0 Å². The summed E-state index contributed by atoms with van der Waals surface area (Å²) in [5, 5.41) is 40.0. The lowest BCUT2D eigenvalue weighted by atomic mass is 9.63. The molecule has 3 saturated carbocycles. The molecule has 4 aliphatic carbocycles. The fourth-order valence-corrected chi connectivity index (χ4v) is 12.6. The van der Waals surface area contributed by atoms with Crippen molar-refractivity contribution in [2.75, 3.05) is 26.7 Å². The predicted molar refractivity (Wildman–Crippen MR) is 238 cm³/mol. The number of fused-ring (bicyclic) bond motifs is 2. The zero-order valence-electron chi connectivity index (χ0n) is 37.5. The molecule has 0 aromatic carbocycles. The van der Waals surface area contributed by atoms with E-state index in [-0.39, 0.29) is 77.6 Å². The molecule has 6 rings (SSSR count). The highest BCUT2D eigenvalue weighted by molar-refractivity contribution is 6.00. The molecule has 2 heterocycles. The van der Waals surface area contributed by atoms with Crippen LogP contribution in [0.3, 0.4) is 0 Å². The zero-order valence-corrected chi connectivity index (χ0v) is 37.5. The molecule has 15 atom stereocenters. The molecule has 1 saturated heterocycles. The van der Waals surface area contributed by atoms with E-state index in [0.29, 0.717) is 56.4 Å². The van der Waals surface area contributed by atoms with Gasteiger partial charge in [-0.2, -0.15) is 0 Å². The van der Waals surface area contributed by atoms with E-state index >= 15 is 0 Å². The summed E-state index contributed by atoms with van der Waals surface area (Å²) in [5.74, 6) is 10.7. The van der Waals surface area contributed by atoms with Crippen molar-refractivity contribution in [2.24, 2.45) is 75.8 Å². The molecule has 10 nitrogen and oxygen atoms in total. The molecule has 0 spiro atoms. The van der Waals surface area contributed by atoms with E-state index < -0.39 is 18.3 Å². The molecule has 10 heteroatoms. The molecule has 0 bridgehead atoms. The number of nitrogens with two attached hydrogens (primary N) is 1. The van der Waals surface area contributed by atoms with Crippen LogP contribution >= 0.6 is 0 Å². The molecule has 4 fully saturated rings. The van der Waals surface area contributed by atoms with Gasteiger partial charge in [0.05, 0.1) is 49.3 Å². The number of piperidine rings is 1. The lowest BCUT2D eigenvalue weighted by molar-refractivity contribution is -0.131. The van der Waals surface area contributed by atoms with E-state index in [9.17, 15) is 24.9 Å². The van der Waals surface area contributed by atoms with Crippen LogP contribution in [0, 0.1) is 82.9 Å². The van der Waals surface area contributed by atoms with Gasteiger partial charge in [-0.15, -0.1) is 4.99 Å². The van der Waals surface area contributed by atoms with E-state index in [1.165, 1.54) is 19.3 Å². The van der Waals surface area contributed by atoms with Crippen molar-refractivity contribution in [3.05, 3.63) is 17.7 Å². The number of hydrogen-bond acceptors (Lipinski definition) is 10. The van der Waals surface area contributed by atoms with Gasteiger partial charge >= 0.3 is 0 Å². The number of rotatable bonds is 15. The van der Waals surface area contributed by atoms with E-state index in [4.69, 9.17) is 15.5 Å². The number of aliphatic hydroxyl groups excluding tert-OH is 3. The van der Waals surface area contributed by atoms with Gasteiger partial charge in [0, 0.05) is 44.4 Å². The third-order valence-corrected chi connectivity index (χ3v) is 15.8. The van der Waals surface area contributed by atoms with Crippen molar-refractivity contribution in [1.29, 1.82) is 0 Å². The number of aliphatic imine (C=N–C) groups is 1. The van der Waals surface area contributed by atoms with Crippen molar-refractivity contribution in [2.45, 2.75) is 173 Å². The average molecular weight is 834 g/mol. The number of aliphatic hydroxyl groups is 3. The van der Waals surface area contributed by atoms with Crippen LogP contribution < -0.4 is 16.4 Å². The number of ether oxygens (including phenoxy) is 1. The second-order valence-corrected chi connectivity index (χ2v) is 20.4. The molecule has 2 aliphatic heterocycles. The van der Waals surface area contributed by atoms with Crippen LogP contribution in [0.1, 0.15) is 143 Å². The Morgan fingerprint density at radius 2 is 1.78 bits per heavy atom. The summed E-state index contributed by atoms with van der Waals surface area (Å²) < 4.78 is 5.77. The third-order valence-electron chi connectivity index (χ3n) is 15.8. The van der Waals surface area contributed by atoms with Gasteiger partial charge in [0.1, 0.15) is 29.8 Å². The number of carbonyl (C=O) groups is 2. The number of hydrogen-bond donors (Lipinski definition) is 6. The van der Waals surface area contributed by atoms with Crippen molar-refractivity contribution < 1.29 is 29.6 Å². The monoisotopic (exact) mass is 834 g/mol. The molecular formula is C50H81N4O6+. The Morgan fingerprint density at radius 1 is 0.983 bits per heavy atom. The van der Waals surface area contributed by atoms with Gasteiger partial charge in [-0.3, -0.25) is 9.59 Å². The van der Waals surface area contributed by atoms with Gasteiger partial charge in [0.2, 0.25) is 0 Å². The fraction of sp³-hybridized carbons (Fsp3) is 0.840. The summed E-state index contributed by atoms with van der Waals surface area (Å²) in [4.78, 5) is 33.3. The van der Waals surface area contributed by atoms with Crippen LogP contribution in [0.4, 0.5) is 0 Å². The minimum atomic E-state index is -0.610. The minimum Gasteiger partial charge on any atom is -0.392 e. The van der Waals surface area contributed by atoms with Crippen LogP contribution in [-0.2, 0) is 14.3 Å². The Balaban J connectivity index is 1.31. The molecule has 7 unspecified atom stereocenters. The Bertz CT molecular complexity index is 1500. The van der Waals surface area contributed by atoms with Crippen LogP contribution in [-0.4, -0.2) is 90.4 Å². The molecular weight excluding hydrogens is 753 g/mol. The number of nitrogens with one attached hydrogen (secondary N) is 2. The summed E-state index contributed by atoms with van der Waals surface area (Å²) in [6.07, 6.45) is 18.4. The quantitative estimate of drug-likeness (QED) is 0.0610. The highest BCUT2D eigenvalue weighted by Gasteiger charge is 2.45. The maximum atomic E-state index is 14.7. The third kappa shape index (κ3) is 13.0. The first-order chi connectivity index (χ1) is 28.9. The highest BCUT2D eigenvalue weighted by atomic mass is 16.5. The fourth-order valence-electron chi connectivity index (χ4n) is 12.6. The normalized spacial score (nSPS) is 36.6. The standard InChI is InChI=1S/C50H81N4O6/c1-5-9-43(46(57)25-40-22-39(30-54-40)31(2)28-52-29-32(3)55)38-20-34(18-33-16-17-53-50(51)21-33)19-36-13-15-42(35-10-7-6-8-11-35)44-27-48(59)49(60-4)24-37(44)12-14-41(56)26-47(58)45(36)23-38/h22,30-38,42-46,48-50,52-53,55,57,59H,5-12,14,16-21,23-29,51H2,1-4H3/q+1/t31-,32+,33?,34-,36+,37?,38?,42-,43+,44?,45-,46-,48?,49?,50?/m1/s1. The van der Waals surface area contributed by atoms with Gasteiger partial charge < -0.3 is 36.4 Å². The summed E-state index contributed by atoms with van der Waals surface area (Å²) >= 11 is 0. The summed E-state index contributed by atoms with van der Waals surface area (Å²) in [6, 6.07) is 0. The van der Waals surface area contributed by atoms with Crippen molar-refractivity contribution in [3.8, 4) is 11.8 Å². The van der Waals surface area contributed by atoms with Crippen molar-refractivity contribution in [1.82, 2.24) is 10.6 Å². The topological polar surface area (TPSA) is 166 Å². The first kappa shape index (κ1) is 47.4. The maximum Gasteiger partial charge on any atom is 0.177 e. The molecule has 0 amide bonds. The largest absolute Gasteiger partial charge is 0.392 e. The van der Waals surface area contributed by atoms with Crippen molar-refractivity contribution in [3.63, 3.8) is 0 Å². The molecule has 336 valence electrons. The number of nitrogens with zero attached hydrogens (tertiary/aromatic N) is 1. The smallest absolute Gasteiger partial charge is 0.177 e. The SMILES string of the molecule is CCC[C@@H](C1C[C@H](CC2CCNC(N)C2)C[C@@H]2C#C[C@H](C3CCCCC3)C3CC(O)C(OC)CC3CCC(=O)CC(=O)[C@@H]2C1)[C@H](O)CC1=C[C+]([C@H](C)CNC[C@H](C)O)C=N1. The molecule has 0 aromatic heterocycles. The Labute approximate surface area is 362 Å². The summed E-state index contributed by atoms with van der Waals surface area (Å²) in [7, 11) is 1.68. The highest BCUT2D eigenvalue weighted by Crippen LogP contribution is 2.48. The first-order valence-corrected chi connectivity index (χ1v) is 24.4. The van der Waals surface area contributed by atoms with Gasteiger partial charge in [-0.1, -0.05) is 44.4 Å². The van der Waals surface area contributed by atoms with Gasteiger partial charge in [0.25, 0.3) is 0 Å². The van der Waals surface area contributed by atoms with Crippen LogP contribution in [0.25, 0.3) is 0 Å². The maximum absolute atomic E-state index is 14.7. The number of allylic oxidation sites excluding steroid dienone is 1. The second-order valence-electron chi connectivity index (χ2n) is 20.4. The van der Waals surface area contributed by atoms with Gasteiger partial charge in [-0.25, -0.2) is 0 Å². The lowest BCUT2D eigenvalue weighted by Crippen LogP contribution is -2.44. The van der Waals surface area contributed by atoms with Crippen LogP contribution in [0.15, 0.2) is 16.8 Å². The predicted octanol–water partition coefficient (Wildman–Crippen LogP) is 6.55. The van der Waals surface area contributed by atoms with E-state index in [0.717, 1.165) is 88.9 Å². The summed E-state index contributed by atoms with van der Waals surface area (Å²) in [6.45, 7) is 8.32. The minimum absolute atomic E-state index is 0.00659. The molecule has 0 aromatic rings. The zero-order chi connectivity index (χ0) is 42.8. The Kier molecular flexibility index (Phi) is 18.2. The Morgan fingerprint density at radius 3 is 2.52 bits per heavy atom. The molecule has 0 radical (unpaired) electrons. The van der Waals surface area contributed by atoms with E-state index in [1.807, 2.05) is 6.21 Å². The lowest BCUT2D eigenvalue weighted by Gasteiger charge is -2.44. The Hall–Kier alpha value is -2.10. The number of carbonyl (C=O) groups excluding carboxylic acids is 2. The molecule has 6 aliphatic rings. The van der Waals surface area contributed by atoms with E-state index in [1.54, 1.807) is 14.0 Å². The number of methoxy groups -OCH3 is 1. The number of ketones is 2. The van der Waals surface area contributed by atoms with Gasteiger partial charge in [-0.05, 0) is 139 Å². The molecule has 7 N–H and O–H groups in total. The summed E-state index contributed by atoms with van der Waals surface area (Å²) in [5.41, 5.74) is 7.35. The van der Waals surface area contributed by atoms with Crippen molar-refractivity contribution >= 4 is 17.8 Å². The van der Waals surface area contributed by atoms with Crippen LogP contribution in [0.2, 0.25) is 0 Å². The van der Waals surface area contributed by atoms with Gasteiger partial charge in [0.15, 0.2) is 5.70 Å². The second kappa shape index (κ2) is 23.0. The number of Topliss-reactive ketones (excluding diaryl/α,β-unsaturated/α-hetero) is 2. The average Bonchev–Trinajstić information content (AvgIpc) is 3.61. The first-order valence-electron chi connectivity index (χ1n) is 24.4. The van der Waals surface area contributed by atoms with E-state index in [2.05, 4.69) is 42.4 Å².